The first kappa shape index (κ1) is 13.1. The Morgan fingerprint density at radius 1 is 1.33 bits per heavy atom. The normalized spacial score (nSPS) is 23.3. The highest BCUT2D eigenvalue weighted by Crippen LogP contribution is 2.24. The van der Waals surface area contributed by atoms with Crippen molar-refractivity contribution in [1.29, 1.82) is 0 Å². The van der Waals surface area contributed by atoms with Crippen LogP contribution in [0.3, 0.4) is 0 Å². The minimum Gasteiger partial charge on any atom is -0.491 e. The minimum absolute atomic E-state index is 0.150. The van der Waals surface area contributed by atoms with Gasteiger partial charge in [-0.25, -0.2) is 4.98 Å². The lowest BCUT2D eigenvalue weighted by Gasteiger charge is -2.32. The lowest BCUT2D eigenvalue weighted by atomic mass is 9.90. The van der Waals surface area contributed by atoms with Crippen molar-refractivity contribution < 1.29 is 9.47 Å². The van der Waals surface area contributed by atoms with Crippen molar-refractivity contribution in [2.45, 2.75) is 45.8 Å². The van der Waals surface area contributed by atoms with Crippen LogP contribution in [-0.4, -0.2) is 23.7 Å². The van der Waals surface area contributed by atoms with E-state index in [0.29, 0.717) is 18.5 Å². The summed E-state index contributed by atoms with van der Waals surface area (Å²) in [7, 11) is 0. The molecule has 4 nitrogen and oxygen atoms in total. The third-order valence-corrected chi connectivity index (χ3v) is 2.80. The molecule has 1 heterocycles. The quantitative estimate of drug-likeness (QED) is 0.891. The standard InChI is InChI=1S/C14H22N2O2/c1-14(2,3)9-17-11-4-5-13(16-8-11)18-12-6-10(15)7-12/h4-5,8,10,12H,6-7,9,15H2,1-3H3. The molecule has 18 heavy (non-hydrogen) atoms. The maximum absolute atomic E-state index is 5.71. The summed E-state index contributed by atoms with van der Waals surface area (Å²) in [5.41, 5.74) is 5.86. The summed E-state index contributed by atoms with van der Waals surface area (Å²) in [6.07, 6.45) is 3.78. The summed E-state index contributed by atoms with van der Waals surface area (Å²) in [5.74, 6) is 1.43. The summed E-state index contributed by atoms with van der Waals surface area (Å²) < 4.78 is 11.3. The summed E-state index contributed by atoms with van der Waals surface area (Å²) in [6, 6.07) is 4.04. The van der Waals surface area contributed by atoms with Crippen molar-refractivity contribution in [2.75, 3.05) is 6.61 Å². The van der Waals surface area contributed by atoms with E-state index in [0.717, 1.165) is 18.6 Å². The Labute approximate surface area is 108 Å². The second-order valence-corrected chi connectivity index (χ2v) is 6.15. The average Bonchev–Trinajstić information content (AvgIpc) is 2.25. The Morgan fingerprint density at radius 3 is 2.56 bits per heavy atom. The third kappa shape index (κ3) is 3.88. The van der Waals surface area contributed by atoms with Gasteiger partial charge in [0, 0.05) is 12.1 Å². The number of ether oxygens (including phenoxy) is 2. The SMILES string of the molecule is CC(C)(C)COc1ccc(OC2CC(N)C2)nc1. The Morgan fingerprint density at radius 2 is 2.06 bits per heavy atom. The van der Waals surface area contributed by atoms with Gasteiger partial charge in [-0.3, -0.25) is 0 Å². The number of pyridine rings is 1. The maximum Gasteiger partial charge on any atom is 0.213 e. The molecule has 0 spiro atoms. The highest BCUT2D eigenvalue weighted by Gasteiger charge is 2.27. The molecule has 2 rings (SSSR count). The summed E-state index contributed by atoms with van der Waals surface area (Å²) in [4.78, 5) is 4.24. The molecule has 4 heteroatoms. The summed E-state index contributed by atoms with van der Waals surface area (Å²) in [5, 5.41) is 0. The van der Waals surface area contributed by atoms with Crippen LogP contribution in [0.15, 0.2) is 18.3 Å². The molecule has 1 saturated carbocycles. The topological polar surface area (TPSA) is 57.4 Å². The fraction of sp³-hybridized carbons (Fsp3) is 0.643. The van der Waals surface area contributed by atoms with Crippen molar-refractivity contribution in [3.8, 4) is 11.6 Å². The van der Waals surface area contributed by atoms with E-state index in [2.05, 4.69) is 25.8 Å². The smallest absolute Gasteiger partial charge is 0.213 e. The van der Waals surface area contributed by atoms with Crippen LogP contribution in [0.2, 0.25) is 0 Å². The van der Waals surface area contributed by atoms with Gasteiger partial charge < -0.3 is 15.2 Å². The van der Waals surface area contributed by atoms with Crippen molar-refractivity contribution in [2.24, 2.45) is 11.1 Å². The minimum atomic E-state index is 0.150. The second kappa shape index (κ2) is 5.14. The molecule has 0 aliphatic heterocycles. The van der Waals surface area contributed by atoms with Gasteiger partial charge in [-0.2, -0.15) is 0 Å². The predicted molar refractivity (Wildman–Crippen MR) is 70.8 cm³/mol. The van der Waals surface area contributed by atoms with E-state index < -0.39 is 0 Å². The highest BCUT2D eigenvalue weighted by molar-refractivity contribution is 5.23. The Kier molecular flexibility index (Phi) is 3.76. The number of rotatable bonds is 4. The number of hydrogen-bond acceptors (Lipinski definition) is 4. The van der Waals surface area contributed by atoms with E-state index >= 15 is 0 Å². The molecule has 1 aliphatic rings. The van der Waals surface area contributed by atoms with E-state index in [1.54, 1.807) is 6.20 Å². The fourth-order valence-electron chi connectivity index (χ4n) is 1.69. The van der Waals surface area contributed by atoms with Crippen molar-refractivity contribution >= 4 is 0 Å². The first-order chi connectivity index (χ1) is 8.42. The van der Waals surface area contributed by atoms with Crippen LogP contribution in [0.25, 0.3) is 0 Å². The van der Waals surface area contributed by atoms with Crippen LogP contribution in [-0.2, 0) is 0 Å². The van der Waals surface area contributed by atoms with Crippen molar-refractivity contribution in [1.82, 2.24) is 4.98 Å². The summed E-state index contributed by atoms with van der Waals surface area (Å²) >= 11 is 0. The summed E-state index contributed by atoms with van der Waals surface area (Å²) in [6.45, 7) is 7.08. The van der Waals surface area contributed by atoms with Gasteiger partial charge in [0.05, 0.1) is 12.8 Å². The predicted octanol–water partition coefficient (Wildman–Crippen LogP) is 2.38. The molecule has 1 fully saturated rings. The number of nitrogens with two attached hydrogens (primary N) is 1. The molecule has 1 aromatic rings. The van der Waals surface area contributed by atoms with Crippen LogP contribution >= 0.6 is 0 Å². The third-order valence-electron chi connectivity index (χ3n) is 2.80. The van der Waals surface area contributed by atoms with Gasteiger partial charge in [-0.1, -0.05) is 20.8 Å². The molecule has 2 N–H and O–H groups in total. The van der Waals surface area contributed by atoms with Gasteiger partial charge in [0.1, 0.15) is 11.9 Å². The molecular formula is C14H22N2O2. The van der Waals surface area contributed by atoms with Crippen LogP contribution in [0.4, 0.5) is 0 Å². The van der Waals surface area contributed by atoms with Crippen molar-refractivity contribution in [3.63, 3.8) is 0 Å². The highest BCUT2D eigenvalue weighted by atomic mass is 16.5. The zero-order valence-corrected chi connectivity index (χ0v) is 11.3. The first-order valence-electron chi connectivity index (χ1n) is 6.43. The lowest BCUT2D eigenvalue weighted by Crippen LogP contribution is -2.43. The molecule has 0 saturated heterocycles. The fourth-order valence-corrected chi connectivity index (χ4v) is 1.69. The van der Waals surface area contributed by atoms with Gasteiger partial charge in [0.25, 0.3) is 0 Å². The van der Waals surface area contributed by atoms with E-state index in [1.165, 1.54) is 0 Å². The zero-order valence-electron chi connectivity index (χ0n) is 11.3. The number of nitrogens with zero attached hydrogens (tertiary/aromatic N) is 1. The number of hydrogen-bond donors (Lipinski definition) is 1. The zero-order chi connectivity index (χ0) is 13.2. The van der Waals surface area contributed by atoms with E-state index in [-0.39, 0.29) is 11.5 Å². The lowest BCUT2D eigenvalue weighted by molar-refractivity contribution is 0.0955. The van der Waals surface area contributed by atoms with E-state index in [1.807, 2.05) is 12.1 Å². The van der Waals surface area contributed by atoms with Gasteiger partial charge >= 0.3 is 0 Å². The van der Waals surface area contributed by atoms with Gasteiger partial charge in [-0.15, -0.1) is 0 Å². The van der Waals surface area contributed by atoms with Gasteiger partial charge in [0.15, 0.2) is 0 Å². The van der Waals surface area contributed by atoms with Crippen molar-refractivity contribution in [3.05, 3.63) is 18.3 Å². The average molecular weight is 250 g/mol. The Hall–Kier alpha value is -1.29. The maximum atomic E-state index is 5.71. The molecule has 0 amide bonds. The second-order valence-electron chi connectivity index (χ2n) is 6.15. The molecular weight excluding hydrogens is 228 g/mol. The molecule has 0 unspecified atom stereocenters. The van der Waals surface area contributed by atoms with E-state index in [4.69, 9.17) is 15.2 Å². The van der Waals surface area contributed by atoms with Crippen LogP contribution in [0.5, 0.6) is 11.6 Å². The number of aromatic nitrogens is 1. The molecule has 1 aliphatic carbocycles. The largest absolute Gasteiger partial charge is 0.491 e. The van der Waals surface area contributed by atoms with Crippen LogP contribution in [0.1, 0.15) is 33.6 Å². The van der Waals surface area contributed by atoms with Gasteiger partial charge in [-0.05, 0) is 24.3 Å². The molecule has 1 aromatic heterocycles. The Balaban J connectivity index is 1.82. The first-order valence-corrected chi connectivity index (χ1v) is 6.43. The monoisotopic (exact) mass is 250 g/mol. The molecule has 0 radical (unpaired) electrons. The van der Waals surface area contributed by atoms with E-state index in [9.17, 15) is 0 Å². The van der Waals surface area contributed by atoms with Crippen LogP contribution < -0.4 is 15.2 Å². The molecule has 100 valence electrons. The molecule has 0 bridgehead atoms. The van der Waals surface area contributed by atoms with Crippen LogP contribution in [0, 0.1) is 5.41 Å². The Bertz CT molecular complexity index is 378. The molecule has 0 atom stereocenters. The molecule has 0 aromatic carbocycles. The van der Waals surface area contributed by atoms with Gasteiger partial charge in [0.2, 0.25) is 5.88 Å².